The number of hydrogen-bond donors (Lipinski definition) is 3. The van der Waals surface area contributed by atoms with Gasteiger partial charge < -0.3 is 15.9 Å². The third kappa shape index (κ3) is 2.06. The van der Waals surface area contributed by atoms with Gasteiger partial charge >= 0.3 is 0 Å². The van der Waals surface area contributed by atoms with E-state index in [-0.39, 0.29) is 13.2 Å². The van der Waals surface area contributed by atoms with E-state index in [9.17, 15) is 0 Å². The van der Waals surface area contributed by atoms with E-state index in [1.807, 2.05) is 18.2 Å². The van der Waals surface area contributed by atoms with Crippen molar-refractivity contribution in [2.24, 2.45) is 5.73 Å². The van der Waals surface area contributed by atoms with Gasteiger partial charge in [0.2, 0.25) is 0 Å². The van der Waals surface area contributed by atoms with Crippen LogP contribution in [0.5, 0.6) is 0 Å². The molecule has 0 fully saturated rings. The van der Waals surface area contributed by atoms with Gasteiger partial charge in [-0.15, -0.1) is 0 Å². The largest absolute Gasteiger partial charge is 0.394 e. The summed E-state index contributed by atoms with van der Waals surface area (Å²) in [4.78, 5) is 0. The van der Waals surface area contributed by atoms with Crippen molar-refractivity contribution in [1.82, 2.24) is 0 Å². The van der Waals surface area contributed by atoms with Crippen LogP contribution in [0, 0.1) is 0 Å². The average Bonchev–Trinajstić information content (AvgIpc) is 2.18. The Labute approximate surface area is 77.8 Å². The molecule has 0 heterocycles. The first kappa shape index (κ1) is 10.2. The lowest BCUT2D eigenvalue weighted by Gasteiger charge is -2.24. The first-order valence-corrected chi connectivity index (χ1v) is 4.21. The molecule has 0 aromatic heterocycles. The third-order valence-corrected chi connectivity index (χ3v) is 2.13. The number of aliphatic hydroxyl groups excluding tert-OH is 2. The molecule has 4 N–H and O–H groups in total. The molecule has 13 heavy (non-hydrogen) atoms. The lowest BCUT2D eigenvalue weighted by Crippen LogP contribution is -2.37. The molecule has 0 aliphatic carbocycles. The number of aliphatic hydroxyl groups is 2. The first-order valence-electron chi connectivity index (χ1n) is 4.21. The van der Waals surface area contributed by atoms with E-state index in [0.717, 1.165) is 11.1 Å². The Morgan fingerprint density at radius 3 is 2.46 bits per heavy atom. The van der Waals surface area contributed by atoms with E-state index >= 15 is 0 Å². The second-order valence-corrected chi connectivity index (χ2v) is 3.39. The van der Waals surface area contributed by atoms with E-state index < -0.39 is 5.54 Å². The molecule has 0 bridgehead atoms. The van der Waals surface area contributed by atoms with Crippen molar-refractivity contribution < 1.29 is 10.2 Å². The second kappa shape index (κ2) is 3.87. The highest BCUT2D eigenvalue weighted by molar-refractivity contribution is 5.32. The Morgan fingerprint density at radius 2 is 1.92 bits per heavy atom. The van der Waals surface area contributed by atoms with Crippen LogP contribution < -0.4 is 5.73 Å². The summed E-state index contributed by atoms with van der Waals surface area (Å²) in [6.45, 7) is 1.55. The van der Waals surface area contributed by atoms with Crippen LogP contribution in [-0.2, 0) is 12.1 Å². The van der Waals surface area contributed by atoms with E-state index in [1.165, 1.54) is 0 Å². The molecule has 3 nitrogen and oxygen atoms in total. The Bertz CT molecular complexity index is 284. The maximum absolute atomic E-state index is 9.06. The average molecular weight is 181 g/mol. The number of benzene rings is 1. The van der Waals surface area contributed by atoms with Gasteiger partial charge in [0.25, 0.3) is 0 Å². The Balaban J connectivity index is 3.12. The number of nitrogens with two attached hydrogens (primary N) is 1. The van der Waals surface area contributed by atoms with Gasteiger partial charge in [0.1, 0.15) is 0 Å². The maximum atomic E-state index is 9.06. The van der Waals surface area contributed by atoms with Crippen molar-refractivity contribution in [3.8, 4) is 0 Å². The van der Waals surface area contributed by atoms with Gasteiger partial charge in [-0.3, -0.25) is 0 Å². The molecule has 1 rings (SSSR count). The summed E-state index contributed by atoms with van der Waals surface area (Å²) in [5.74, 6) is 0. The van der Waals surface area contributed by atoms with Gasteiger partial charge in [-0.05, 0) is 18.1 Å². The smallest absolute Gasteiger partial charge is 0.0685 e. The highest BCUT2D eigenvalue weighted by atomic mass is 16.3. The summed E-state index contributed by atoms with van der Waals surface area (Å²) in [5, 5.41) is 18.1. The van der Waals surface area contributed by atoms with Crippen LogP contribution in [0.3, 0.4) is 0 Å². The molecule has 0 saturated carbocycles. The molecule has 1 unspecified atom stereocenters. The van der Waals surface area contributed by atoms with E-state index in [0.29, 0.717) is 0 Å². The van der Waals surface area contributed by atoms with Crippen LogP contribution >= 0.6 is 0 Å². The van der Waals surface area contributed by atoms with Crippen molar-refractivity contribution in [3.63, 3.8) is 0 Å². The Hall–Kier alpha value is -0.900. The predicted octanol–water partition coefficient (Wildman–Crippen LogP) is 0.345. The van der Waals surface area contributed by atoms with Gasteiger partial charge in [-0.1, -0.05) is 24.3 Å². The van der Waals surface area contributed by atoms with E-state index in [4.69, 9.17) is 15.9 Å². The van der Waals surface area contributed by atoms with Gasteiger partial charge in [-0.25, -0.2) is 0 Å². The molecule has 1 aromatic rings. The zero-order valence-corrected chi connectivity index (χ0v) is 7.70. The van der Waals surface area contributed by atoms with Crippen molar-refractivity contribution in [2.45, 2.75) is 19.1 Å². The molecule has 0 radical (unpaired) electrons. The van der Waals surface area contributed by atoms with Crippen LogP contribution in [-0.4, -0.2) is 16.8 Å². The van der Waals surface area contributed by atoms with Crippen molar-refractivity contribution in [2.75, 3.05) is 6.61 Å². The van der Waals surface area contributed by atoms with Crippen LogP contribution in [0.25, 0.3) is 0 Å². The standard InChI is InChI=1S/C10H15NO2/c1-10(11,7-13)9-5-3-2-4-8(9)6-12/h2-5,12-13H,6-7,11H2,1H3. The molecular formula is C10H15NO2. The van der Waals surface area contributed by atoms with Gasteiger partial charge in [0.05, 0.1) is 18.8 Å². The maximum Gasteiger partial charge on any atom is 0.0685 e. The summed E-state index contributed by atoms with van der Waals surface area (Å²) < 4.78 is 0. The van der Waals surface area contributed by atoms with Gasteiger partial charge in [0.15, 0.2) is 0 Å². The molecule has 72 valence electrons. The Kier molecular flexibility index (Phi) is 3.03. The summed E-state index contributed by atoms with van der Waals surface area (Å²) >= 11 is 0. The summed E-state index contributed by atoms with van der Waals surface area (Å²) in [7, 11) is 0. The number of rotatable bonds is 3. The van der Waals surface area contributed by atoms with E-state index in [1.54, 1.807) is 13.0 Å². The summed E-state index contributed by atoms with van der Waals surface area (Å²) in [5.41, 5.74) is 6.63. The SMILES string of the molecule is CC(N)(CO)c1ccccc1CO. The lowest BCUT2D eigenvalue weighted by molar-refractivity contribution is 0.205. The Morgan fingerprint density at radius 1 is 1.31 bits per heavy atom. The molecule has 1 aromatic carbocycles. The quantitative estimate of drug-likeness (QED) is 0.630. The van der Waals surface area contributed by atoms with Crippen LogP contribution in [0.2, 0.25) is 0 Å². The highest BCUT2D eigenvalue weighted by Gasteiger charge is 2.22. The number of hydrogen-bond acceptors (Lipinski definition) is 3. The molecular weight excluding hydrogens is 166 g/mol. The molecule has 1 atom stereocenters. The van der Waals surface area contributed by atoms with E-state index in [2.05, 4.69) is 0 Å². The topological polar surface area (TPSA) is 66.5 Å². The predicted molar refractivity (Wildman–Crippen MR) is 51.0 cm³/mol. The fourth-order valence-electron chi connectivity index (χ4n) is 1.30. The second-order valence-electron chi connectivity index (χ2n) is 3.39. The van der Waals surface area contributed by atoms with Gasteiger partial charge in [0, 0.05) is 0 Å². The molecule has 0 saturated heterocycles. The minimum absolute atomic E-state index is 0.0526. The third-order valence-electron chi connectivity index (χ3n) is 2.13. The first-order chi connectivity index (χ1) is 6.11. The normalized spacial score (nSPS) is 15.4. The fourth-order valence-corrected chi connectivity index (χ4v) is 1.30. The van der Waals surface area contributed by atoms with Crippen LogP contribution in [0.15, 0.2) is 24.3 Å². The van der Waals surface area contributed by atoms with Crippen molar-refractivity contribution >= 4 is 0 Å². The minimum atomic E-state index is -0.778. The molecule has 3 heteroatoms. The lowest BCUT2D eigenvalue weighted by atomic mass is 9.90. The molecule has 0 spiro atoms. The fraction of sp³-hybridized carbons (Fsp3) is 0.400. The summed E-state index contributed by atoms with van der Waals surface area (Å²) in [6.07, 6.45) is 0. The van der Waals surface area contributed by atoms with Crippen LogP contribution in [0.4, 0.5) is 0 Å². The highest BCUT2D eigenvalue weighted by Crippen LogP contribution is 2.21. The summed E-state index contributed by atoms with van der Waals surface area (Å²) in [6, 6.07) is 7.30. The molecule has 0 aliphatic heterocycles. The molecule has 0 amide bonds. The zero-order valence-electron chi connectivity index (χ0n) is 7.70. The monoisotopic (exact) mass is 181 g/mol. The van der Waals surface area contributed by atoms with Crippen molar-refractivity contribution in [1.29, 1.82) is 0 Å². The minimum Gasteiger partial charge on any atom is -0.394 e. The van der Waals surface area contributed by atoms with Crippen LogP contribution in [0.1, 0.15) is 18.1 Å². The van der Waals surface area contributed by atoms with Crippen molar-refractivity contribution in [3.05, 3.63) is 35.4 Å². The van der Waals surface area contributed by atoms with Gasteiger partial charge in [-0.2, -0.15) is 0 Å². The molecule has 0 aliphatic rings. The zero-order chi connectivity index (χ0) is 9.90.